The number of nitrogens with one attached hydrogen (secondary N) is 1. The normalized spacial score (nSPS) is 17.7. The molecule has 18 heavy (non-hydrogen) atoms. The van der Waals surface area contributed by atoms with Crippen LogP contribution in [0.25, 0.3) is 0 Å². The Morgan fingerprint density at radius 3 is 2.72 bits per heavy atom. The highest BCUT2D eigenvalue weighted by atomic mass is 79.9. The molecule has 1 heterocycles. The number of rotatable bonds is 4. The molecule has 98 valence electrons. The van der Waals surface area contributed by atoms with E-state index in [1.165, 1.54) is 12.3 Å². The number of pyridine rings is 1. The van der Waals surface area contributed by atoms with Gasteiger partial charge in [-0.25, -0.2) is 4.98 Å². The summed E-state index contributed by atoms with van der Waals surface area (Å²) in [5.41, 5.74) is -0.400. The fourth-order valence-corrected chi connectivity index (χ4v) is 2.68. The predicted octanol–water partition coefficient (Wildman–Crippen LogP) is 2.47. The number of aromatic nitrogens is 1. The lowest BCUT2D eigenvalue weighted by Crippen LogP contribution is -2.39. The van der Waals surface area contributed by atoms with Crippen LogP contribution in [0.1, 0.15) is 25.7 Å². The van der Waals surface area contributed by atoms with E-state index in [9.17, 15) is 15.2 Å². The molecule has 0 spiro atoms. The van der Waals surface area contributed by atoms with Crippen molar-refractivity contribution in [2.75, 3.05) is 11.9 Å². The highest BCUT2D eigenvalue weighted by molar-refractivity contribution is 9.10. The van der Waals surface area contributed by atoms with Crippen molar-refractivity contribution in [3.05, 3.63) is 26.9 Å². The highest BCUT2D eigenvalue weighted by Gasteiger charge is 2.34. The molecule has 2 rings (SSSR count). The van der Waals surface area contributed by atoms with E-state index in [1.54, 1.807) is 0 Å². The molecule has 2 N–H and O–H groups in total. The van der Waals surface area contributed by atoms with E-state index in [0.717, 1.165) is 25.7 Å². The van der Waals surface area contributed by atoms with Gasteiger partial charge in [0.05, 0.1) is 21.5 Å². The van der Waals surface area contributed by atoms with Crippen molar-refractivity contribution >= 4 is 27.4 Å². The van der Waals surface area contributed by atoms with E-state index in [4.69, 9.17) is 0 Å². The van der Waals surface area contributed by atoms with Gasteiger partial charge in [-0.1, -0.05) is 12.8 Å². The number of hydrogen-bond donors (Lipinski definition) is 2. The zero-order chi connectivity index (χ0) is 13.2. The third-order valence-electron chi connectivity index (χ3n) is 3.28. The third kappa shape index (κ3) is 2.62. The molecule has 0 aromatic carbocycles. The van der Waals surface area contributed by atoms with E-state index in [1.807, 2.05) is 0 Å². The van der Waals surface area contributed by atoms with Crippen molar-refractivity contribution in [2.24, 2.45) is 0 Å². The predicted molar refractivity (Wildman–Crippen MR) is 70.5 cm³/mol. The molecule has 1 saturated carbocycles. The van der Waals surface area contributed by atoms with Crippen LogP contribution in [-0.4, -0.2) is 27.2 Å². The van der Waals surface area contributed by atoms with Gasteiger partial charge in [-0.15, -0.1) is 0 Å². The summed E-state index contributed by atoms with van der Waals surface area (Å²) < 4.78 is 0.538. The molecule has 0 amide bonds. The minimum Gasteiger partial charge on any atom is -0.394 e. The van der Waals surface area contributed by atoms with Crippen LogP contribution in [-0.2, 0) is 0 Å². The van der Waals surface area contributed by atoms with Crippen LogP contribution in [0.3, 0.4) is 0 Å². The number of nitro groups is 1. The minimum absolute atomic E-state index is 0.0398. The Balaban J connectivity index is 2.21. The van der Waals surface area contributed by atoms with Crippen molar-refractivity contribution in [1.29, 1.82) is 0 Å². The maximum Gasteiger partial charge on any atom is 0.288 e. The quantitative estimate of drug-likeness (QED) is 0.658. The number of halogens is 1. The second-order valence-corrected chi connectivity index (χ2v) is 5.41. The van der Waals surface area contributed by atoms with Gasteiger partial charge < -0.3 is 10.4 Å². The van der Waals surface area contributed by atoms with Gasteiger partial charge in [-0.3, -0.25) is 10.1 Å². The summed E-state index contributed by atoms with van der Waals surface area (Å²) in [6.45, 7) is 0.0398. The molecule has 0 radical (unpaired) electrons. The first kappa shape index (κ1) is 13.2. The highest BCUT2D eigenvalue weighted by Crippen LogP contribution is 2.34. The van der Waals surface area contributed by atoms with Crippen LogP contribution >= 0.6 is 15.9 Å². The second-order valence-electron chi connectivity index (χ2n) is 4.55. The lowest BCUT2D eigenvalue weighted by Gasteiger charge is -2.28. The molecule has 1 aromatic heterocycles. The largest absolute Gasteiger partial charge is 0.394 e. The Bertz CT molecular complexity index is 461. The summed E-state index contributed by atoms with van der Waals surface area (Å²) in [6, 6.07) is 1.41. The van der Waals surface area contributed by atoms with Crippen molar-refractivity contribution in [3.8, 4) is 0 Å². The van der Waals surface area contributed by atoms with Crippen molar-refractivity contribution in [1.82, 2.24) is 4.98 Å². The molecule has 0 aliphatic heterocycles. The van der Waals surface area contributed by atoms with Gasteiger partial charge in [0.2, 0.25) is 0 Å². The van der Waals surface area contributed by atoms with E-state index in [-0.39, 0.29) is 17.8 Å². The van der Waals surface area contributed by atoms with Crippen LogP contribution in [0.5, 0.6) is 0 Å². The molecule has 7 heteroatoms. The lowest BCUT2D eigenvalue weighted by molar-refractivity contribution is -0.385. The topological polar surface area (TPSA) is 88.3 Å². The Hall–Kier alpha value is -1.21. The van der Waals surface area contributed by atoms with Gasteiger partial charge in [0.1, 0.15) is 12.0 Å². The molecule has 6 nitrogen and oxygen atoms in total. The van der Waals surface area contributed by atoms with Gasteiger partial charge >= 0.3 is 0 Å². The van der Waals surface area contributed by atoms with E-state index in [0.29, 0.717) is 10.3 Å². The van der Waals surface area contributed by atoms with Crippen LogP contribution in [0.2, 0.25) is 0 Å². The molecule has 0 unspecified atom stereocenters. The molecule has 0 bridgehead atoms. The molecule has 1 fully saturated rings. The van der Waals surface area contributed by atoms with Crippen molar-refractivity contribution < 1.29 is 10.0 Å². The Morgan fingerprint density at radius 1 is 1.56 bits per heavy atom. The third-order valence-corrected chi connectivity index (χ3v) is 3.89. The smallest absolute Gasteiger partial charge is 0.288 e. The fourth-order valence-electron chi connectivity index (χ4n) is 2.25. The molecule has 0 atom stereocenters. The molecular formula is C11H14BrN3O3. The number of nitrogens with zero attached hydrogens (tertiary/aromatic N) is 2. The SMILES string of the molecule is O=[N+]([O-])c1cnc(NC2(CO)CCCC2)c(Br)c1. The summed E-state index contributed by atoms with van der Waals surface area (Å²) in [5, 5.41) is 23.3. The van der Waals surface area contributed by atoms with Crippen LogP contribution in [0.4, 0.5) is 11.5 Å². The number of anilines is 1. The average Bonchev–Trinajstić information content (AvgIpc) is 2.81. The zero-order valence-electron chi connectivity index (χ0n) is 9.73. The lowest BCUT2D eigenvalue weighted by atomic mass is 9.99. The molecule has 1 aromatic rings. The minimum atomic E-state index is -0.487. The Labute approximate surface area is 113 Å². The summed E-state index contributed by atoms with van der Waals surface area (Å²) >= 11 is 3.26. The molecule has 1 aliphatic carbocycles. The van der Waals surface area contributed by atoms with Crippen molar-refractivity contribution in [3.63, 3.8) is 0 Å². The Kier molecular flexibility index (Phi) is 3.82. The fraction of sp³-hybridized carbons (Fsp3) is 0.545. The van der Waals surface area contributed by atoms with Gasteiger partial charge in [0.25, 0.3) is 5.69 Å². The second kappa shape index (κ2) is 5.19. The zero-order valence-corrected chi connectivity index (χ0v) is 11.3. The monoisotopic (exact) mass is 315 g/mol. The van der Waals surface area contributed by atoms with E-state index < -0.39 is 4.92 Å². The van der Waals surface area contributed by atoms with Gasteiger partial charge in [-0.2, -0.15) is 0 Å². The van der Waals surface area contributed by atoms with E-state index in [2.05, 4.69) is 26.2 Å². The number of aliphatic hydroxyl groups is 1. The molecule has 0 saturated heterocycles. The number of aliphatic hydroxyl groups excluding tert-OH is 1. The summed E-state index contributed by atoms with van der Waals surface area (Å²) in [7, 11) is 0. The standard InChI is InChI=1S/C11H14BrN3O3/c12-9-5-8(15(17)18)6-13-10(9)14-11(7-16)3-1-2-4-11/h5-6,16H,1-4,7H2,(H,13,14). The maximum absolute atomic E-state index is 10.6. The van der Waals surface area contributed by atoms with Crippen LogP contribution in [0.15, 0.2) is 16.7 Å². The summed E-state index contributed by atoms with van der Waals surface area (Å²) in [6.07, 6.45) is 5.12. The number of hydrogen-bond acceptors (Lipinski definition) is 5. The maximum atomic E-state index is 10.6. The first-order valence-electron chi connectivity index (χ1n) is 5.75. The summed E-state index contributed by atoms with van der Waals surface area (Å²) in [4.78, 5) is 14.2. The summed E-state index contributed by atoms with van der Waals surface area (Å²) in [5.74, 6) is 0.538. The van der Waals surface area contributed by atoms with Gasteiger partial charge in [0.15, 0.2) is 0 Å². The Morgan fingerprint density at radius 2 is 2.22 bits per heavy atom. The van der Waals surface area contributed by atoms with Gasteiger partial charge in [-0.05, 0) is 28.8 Å². The van der Waals surface area contributed by atoms with Gasteiger partial charge in [0, 0.05) is 6.07 Å². The average molecular weight is 316 g/mol. The van der Waals surface area contributed by atoms with Crippen LogP contribution < -0.4 is 5.32 Å². The first-order chi connectivity index (χ1) is 8.56. The van der Waals surface area contributed by atoms with Crippen molar-refractivity contribution in [2.45, 2.75) is 31.2 Å². The first-order valence-corrected chi connectivity index (χ1v) is 6.55. The van der Waals surface area contributed by atoms with E-state index >= 15 is 0 Å². The molecule has 1 aliphatic rings. The molecular weight excluding hydrogens is 302 g/mol. The van der Waals surface area contributed by atoms with Crippen LogP contribution in [0, 0.1) is 10.1 Å².